The molecular weight excluding hydrogens is 278 g/mol. The summed E-state index contributed by atoms with van der Waals surface area (Å²) in [5, 5.41) is 6.02. The highest BCUT2D eigenvalue weighted by Crippen LogP contribution is 2.21. The molecule has 0 saturated carbocycles. The van der Waals surface area contributed by atoms with Gasteiger partial charge in [-0.2, -0.15) is 0 Å². The van der Waals surface area contributed by atoms with E-state index >= 15 is 0 Å². The second-order valence-corrected chi connectivity index (χ2v) is 6.44. The minimum atomic E-state index is -0.0173. The molecule has 2 atom stereocenters. The van der Waals surface area contributed by atoms with Crippen molar-refractivity contribution < 1.29 is 9.59 Å². The van der Waals surface area contributed by atoms with Crippen molar-refractivity contribution in [3.8, 4) is 0 Å². The van der Waals surface area contributed by atoms with Gasteiger partial charge in [-0.15, -0.1) is 0 Å². The maximum atomic E-state index is 12.2. The van der Waals surface area contributed by atoms with Gasteiger partial charge in [-0.1, -0.05) is 24.1 Å². The molecule has 0 spiro atoms. The summed E-state index contributed by atoms with van der Waals surface area (Å²) in [7, 11) is 0. The Morgan fingerprint density at radius 1 is 1.27 bits per heavy atom. The minimum Gasteiger partial charge on any atom is -0.352 e. The zero-order chi connectivity index (χ0) is 15.5. The number of carbonyl (C=O) groups excluding carboxylic acids is 2. The Bertz CT molecular complexity index is 556. The molecule has 2 aliphatic heterocycles. The second-order valence-electron chi connectivity index (χ2n) is 6.44. The Labute approximate surface area is 131 Å². The summed E-state index contributed by atoms with van der Waals surface area (Å²) < 4.78 is 0. The van der Waals surface area contributed by atoms with Crippen molar-refractivity contribution in [3.63, 3.8) is 0 Å². The summed E-state index contributed by atoms with van der Waals surface area (Å²) in [6, 6.07) is 7.97. The molecule has 5 heteroatoms. The molecule has 0 aliphatic carbocycles. The topological polar surface area (TPSA) is 61.4 Å². The van der Waals surface area contributed by atoms with Crippen LogP contribution < -0.4 is 10.6 Å². The highest BCUT2D eigenvalue weighted by Gasteiger charge is 2.32. The number of nitrogens with one attached hydrogen (secondary N) is 2. The molecule has 0 radical (unpaired) electrons. The molecule has 1 aromatic rings. The molecule has 2 fully saturated rings. The molecule has 1 aromatic carbocycles. The van der Waals surface area contributed by atoms with Gasteiger partial charge in [-0.25, -0.2) is 0 Å². The van der Waals surface area contributed by atoms with E-state index in [-0.39, 0.29) is 23.8 Å². The Balaban J connectivity index is 1.59. The lowest BCUT2D eigenvalue weighted by molar-refractivity contribution is -0.125. The number of hydrogen-bond acceptors (Lipinski definition) is 3. The number of amides is 2. The van der Waals surface area contributed by atoms with Gasteiger partial charge in [0.1, 0.15) is 0 Å². The molecule has 2 bridgehead atoms. The second kappa shape index (κ2) is 6.48. The van der Waals surface area contributed by atoms with Crippen LogP contribution in [0.3, 0.4) is 0 Å². The maximum absolute atomic E-state index is 12.2. The highest BCUT2D eigenvalue weighted by molar-refractivity contribution is 5.92. The summed E-state index contributed by atoms with van der Waals surface area (Å²) in [6.45, 7) is 3.81. The number of hydrogen-bond donors (Lipinski definition) is 2. The first-order valence-corrected chi connectivity index (χ1v) is 7.99. The predicted molar refractivity (Wildman–Crippen MR) is 85.5 cm³/mol. The number of nitrogens with zero attached hydrogens (tertiary/aromatic N) is 1. The zero-order valence-electron chi connectivity index (χ0n) is 13.0. The smallest absolute Gasteiger partial charge is 0.238 e. The summed E-state index contributed by atoms with van der Waals surface area (Å²) in [5.41, 5.74) is 1.99. The van der Waals surface area contributed by atoms with E-state index in [0.29, 0.717) is 13.1 Å². The van der Waals surface area contributed by atoms with Crippen LogP contribution in [-0.2, 0) is 9.59 Å². The Morgan fingerprint density at radius 2 is 2.05 bits per heavy atom. The lowest BCUT2D eigenvalue weighted by Gasteiger charge is -2.26. The Hall–Kier alpha value is -1.88. The zero-order valence-corrected chi connectivity index (χ0v) is 13.0. The van der Waals surface area contributed by atoms with Crippen LogP contribution >= 0.6 is 0 Å². The maximum Gasteiger partial charge on any atom is 0.238 e. The van der Waals surface area contributed by atoms with E-state index in [1.165, 1.54) is 5.56 Å². The van der Waals surface area contributed by atoms with E-state index in [1.54, 1.807) is 0 Å². The fraction of sp³-hybridized carbons (Fsp3) is 0.529. The lowest BCUT2D eigenvalue weighted by atomic mass is 9.99. The van der Waals surface area contributed by atoms with E-state index in [0.717, 1.165) is 31.5 Å². The van der Waals surface area contributed by atoms with Crippen LogP contribution in [0.4, 0.5) is 5.69 Å². The minimum absolute atomic E-state index is 0.0173. The largest absolute Gasteiger partial charge is 0.352 e. The monoisotopic (exact) mass is 301 g/mol. The van der Waals surface area contributed by atoms with Crippen LogP contribution in [0, 0.1) is 12.8 Å². The van der Waals surface area contributed by atoms with E-state index in [4.69, 9.17) is 0 Å². The van der Waals surface area contributed by atoms with Crippen LogP contribution in [0.5, 0.6) is 0 Å². The van der Waals surface area contributed by atoms with Crippen molar-refractivity contribution >= 4 is 17.5 Å². The molecule has 3 rings (SSSR count). The summed E-state index contributed by atoms with van der Waals surface area (Å²) in [4.78, 5) is 26.3. The average Bonchev–Trinajstić information content (AvgIpc) is 2.70. The molecule has 2 amide bonds. The first kappa shape index (κ1) is 15.0. The van der Waals surface area contributed by atoms with Crippen molar-refractivity contribution in [2.24, 2.45) is 5.92 Å². The SMILES string of the molecule is Cc1ccc(NC(=O)CN2C[C@@H]3CCC[C@H](C2)C(=O)N3)cc1. The van der Waals surface area contributed by atoms with Gasteiger partial charge in [-0.3, -0.25) is 14.5 Å². The molecule has 2 aliphatic rings. The molecule has 2 saturated heterocycles. The summed E-state index contributed by atoms with van der Waals surface area (Å²) >= 11 is 0. The Kier molecular flexibility index (Phi) is 4.43. The van der Waals surface area contributed by atoms with Crippen molar-refractivity contribution in [2.45, 2.75) is 32.2 Å². The van der Waals surface area contributed by atoms with Gasteiger partial charge in [0.25, 0.3) is 0 Å². The van der Waals surface area contributed by atoms with Gasteiger partial charge in [0, 0.05) is 24.8 Å². The van der Waals surface area contributed by atoms with Gasteiger partial charge in [-0.05, 0) is 31.9 Å². The van der Waals surface area contributed by atoms with Crippen LogP contribution in [0.15, 0.2) is 24.3 Å². The summed E-state index contributed by atoms with van der Waals surface area (Å²) in [5.74, 6) is 0.167. The first-order valence-electron chi connectivity index (χ1n) is 7.99. The number of carbonyl (C=O) groups is 2. The van der Waals surface area contributed by atoms with Crippen molar-refractivity contribution in [2.75, 3.05) is 25.0 Å². The van der Waals surface area contributed by atoms with Crippen molar-refractivity contribution in [1.29, 1.82) is 0 Å². The van der Waals surface area contributed by atoms with Crippen molar-refractivity contribution in [1.82, 2.24) is 10.2 Å². The van der Waals surface area contributed by atoms with Crippen LogP contribution in [0.1, 0.15) is 24.8 Å². The van der Waals surface area contributed by atoms with E-state index in [2.05, 4.69) is 15.5 Å². The van der Waals surface area contributed by atoms with Gasteiger partial charge < -0.3 is 10.6 Å². The predicted octanol–water partition coefficient (Wildman–Crippen LogP) is 1.53. The number of benzene rings is 1. The average molecular weight is 301 g/mol. The fourth-order valence-electron chi connectivity index (χ4n) is 3.31. The number of rotatable bonds is 3. The number of aryl methyl sites for hydroxylation is 1. The molecule has 2 heterocycles. The fourth-order valence-corrected chi connectivity index (χ4v) is 3.31. The van der Waals surface area contributed by atoms with E-state index < -0.39 is 0 Å². The van der Waals surface area contributed by atoms with Crippen molar-refractivity contribution in [3.05, 3.63) is 29.8 Å². The van der Waals surface area contributed by atoms with Gasteiger partial charge >= 0.3 is 0 Å². The molecule has 0 aromatic heterocycles. The lowest BCUT2D eigenvalue weighted by Crippen LogP contribution is -2.42. The third-order valence-corrected chi connectivity index (χ3v) is 4.48. The summed E-state index contributed by atoms with van der Waals surface area (Å²) in [6.07, 6.45) is 3.04. The van der Waals surface area contributed by atoms with Crippen LogP contribution in [0.25, 0.3) is 0 Å². The third-order valence-electron chi connectivity index (χ3n) is 4.48. The van der Waals surface area contributed by atoms with Crippen LogP contribution in [0.2, 0.25) is 0 Å². The quantitative estimate of drug-likeness (QED) is 0.890. The van der Waals surface area contributed by atoms with Gasteiger partial charge in [0.2, 0.25) is 11.8 Å². The number of likely N-dealkylation sites (tertiary alicyclic amines) is 1. The van der Waals surface area contributed by atoms with Gasteiger partial charge in [0.15, 0.2) is 0 Å². The van der Waals surface area contributed by atoms with E-state index in [1.807, 2.05) is 31.2 Å². The highest BCUT2D eigenvalue weighted by atomic mass is 16.2. The molecule has 5 nitrogen and oxygen atoms in total. The number of fused-ring (bicyclic) bond motifs is 3. The first-order chi connectivity index (χ1) is 10.6. The van der Waals surface area contributed by atoms with Gasteiger partial charge in [0.05, 0.1) is 12.5 Å². The van der Waals surface area contributed by atoms with E-state index in [9.17, 15) is 9.59 Å². The molecule has 0 unspecified atom stereocenters. The standard InChI is InChI=1S/C17H23N3O2/c1-12-5-7-14(8-6-12)18-16(21)11-20-9-13-3-2-4-15(10-20)19-17(13)22/h5-8,13,15H,2-4,9-11H2,1H3,(H,18,21)(H,19,22)/t13-,15+/m1/s1. The Morgan fingerprint density at radius 3 is 2.82 bits per heavy atom. The normalized spacial score (nSPS) is 25.2. The third kappa shape index (κ3) is 3.65. The molecule has 22 heavy (non-hydrogen) atoms. The molecule has 2 N–H and O–H groups in total. The molecular formula is C17H23N3O2. The van der Waals surface area contributed by atoms with Crippen LogP contribution in [-0.4, -0.2) is 42.4 Å². The molecule has 118 valence electrons. The number of anilines is 1.